The maximum Gasteiger partial charge on any atom is 0.318 e. The summed E-state index contributed by atoms with van der Waals surface area (Å²) < 4.78 is 16.3. The fraction of sp³-hybridized carbons (Fsp3) is 0.611. The predicted octanol–water partition coefficient (Wildman–Crippen LogP) is 1.77. The number of aliphatic hydroxyl groups excluding tert-OH is 1. The molecule has 1 aliphatic heterocycles. The Morgan fingerprint density at radius 3 is 2.72 bits per heavy atom. The number of benzene rings is 1. The van der Waals surface area contributed by atoms with E-state index in [0.717, 1.165) is 5.56 Å². The molecule has 1 fully saturated rings. The van der Waals surface area contributed by atoms with Crippen LogP contribution in [0.5, 0.6) is 11.5 Å². The third-order valence-electron chi connectivity index (χ3n) is 4.06. The number of likely N-dealkylation sites (N-methyl/N-ethyl adjacent to an activating group) is 1. The number of nitrogens with zero attached hydrogens (tertiary/aromatic N) is 1. The van der Waals surface area contributed by atoms with Gasteiger partial charge in [0, 0.05) is 13.1 Å². The van der Waals surface area contributed by atoms with Crippen molar-refractivity contribution in [3.05, 3.63) is 23.8 Å². The molecular weight excluding hydrogens is 324 g/mol. The van der Waals surface area contributed by atoms with Gasteiger partial charge in [-0.05, 0) is 38.5 Å². The lowest BCUT2D eigenvalue weighted by Gasteiger charge is -2.28. The largest absolute Gasteiger partial charge is 0.493 e. The fourth-order valence-electron chi connectivity index (χ4n) is 2.81. The van der Waals surface area contributed by atoms with E-state index in [2.05, 4.69) is 5.32 Å². The van der Waals surface area contributed by atoms with Crippen LogP contribution in [0.1, 0.15) is 26.3 Å². The molecule has 2 amide bonds. The van der Waals surface area contributed by atoms with Crippen LogP contribution in [0.3, 0.4) is 0 Å². The molecule has 0 aromatic heterocycles. The first-order valence-corrected chi connectivity index (χ1v) is 8.60. The monoisotopic (exact) mass is 352 g/mol. The van der Waals surface area contributed by atoms with Crippen LogP contribution in [-0.2, 0) is 11.3 Å². The quantitative estimate of drug-likeness (QED) is 0.782. The molecule has 1 heterocycles. The van der Waals surface area contributed by atoms with E-state index in [1.54, 1.807) is 12.0 Å². The van der Waals surface area contributed by atoms with E-state index in [1.807, 2.05) is 39.0 Å². The van der Waals surface area contributed by atoms with E-state index >= 15 is 0 Å². The maximum atomic E-state index is 12.4. The number of rotatable bonds is 7. The molecule has 2 atom stereocenters. The summed E-state index contributed by atoms with van der Waals surface area (Å²) >= 11 is 0. The lowest BCUT2D eigenvalue weighted by Crippen LogP contribution is -2.50. The van der Waals surface area contributed by atoms with E-state index in [9.17, 15) is 9.90 Å². The van der Waals surface area contributed by atoms with Gasteiger partial charge in [0.2, 0.25) is 0 Å². The summed E-state index contributed by atoms with van der Waals surface area (Å²) in [5, 5.41) is 12.8. The molecule has 0 bridgehead atoms. The van der Waals surface area contributed by atoms with Crippen molar-refractivity contribution in [1.29, 1.82) is 0 Å². The highest BCUT2D eigenvalue weighted by Gasteiger charge is 2.33. The summed E-state index contributed by atoms with van der Waals surface area (Å²) in [6.45, 7) is 7.27. The van der Waals surface area contributed by atoms with E-state index < -0.39 is 6.10 Å². The van der Waals surface area contributed by atoms with Gasteiger partial charge in [-0.1, -0.05) is 6.07 Å². The molecule has 2 N–H and O–H groups in total. The normalized spacial score (nSPS) is 19.8. The molecule has 1 saturated heterocycles. The van der Waals surface area contributed by atoms with Crippen LogP contribution in [0.2, 0.25) is 0 Å². The summed E-state index contributed by atoms with van der Waals surface area (Å²) in [7, 11) is 1.59. The molecule has 0 unspecified atom stereocenters. The third-order valence-corrected chi connectivity index (χ3v) is 4.06. The average Bonchev–Trinajstić information content (AvgIpc) is 3.00. The van der Waals surface area contributed by atoms with Gasteiger partial charge in [0.1, 0.15) is 0 Å². The molecule has 1 aromatic rings. The zero-order chi connectivity index (χ0) is 18.4. The second-order valence-electron chi connectivity index (χ2n) is 6.27. The van der Waals surface area contributed by atoms with Gasteiger partial charge in [0.15, 0.2) is 11.5 Å². The zero-order valence-corrected chi connectivity index (χ0v) is 15.3. The van der Waals surface area contributed by atoms with Crippen LogP contribution in [0.25, 0.3) is 0 Å². The number of amides is 2. The molecule has 7 nitrogen and oxygen atoms in total. The number of hydrogen-bond acceptors (Lipinski definition) is 5. The van der Waals surface area contributed by atoms with Crippen LogP contribution in [0.15, 0.2) is 18.2 Å². The Labute approximate surface area is 148 Å². The third kappa shape index (κ3) is 4.99. The van der Waals surface area contributed by atoms with Crippen molar-refractivity contribution >= 4 is 6.03 Å². The lowest BCUT2D eigenvalue weighted by molar-refractivity contribution is 0.0962. The second kappa shape index (κ2) is 8.92. The van der Waals surface area contributed by atoms with E-state index in [-0.39, 0.29) is 24.8 Å². The van der Waals surface area contributed by atoms with Crippen molar-refractivity contribution in [2.45, 2.75) is 45.6 Å². The number of nitrogens with one attached hydrogen (secondary N) is 1. The Morgan fingerprint density at radius 2 is 2.16 bits per heavy atom. The summed E-state index contributed by atoms with van der Waals surface area (Å²) in [5.74, 6) is 1.31. The predicted molar refractivity (Wildman–Crippen MR) is 94.0 cm³/mol. The minimum Gasteiger partial charge on any atom is -0.493 e. The number of urea groups is 1. The summed E-state index contributed by atoms with van der Waals surface area (Å²) in [6.07, 6.45) is -0.587. The van der Waals surface area contributed by atoms with E-state index in [4.69, 9.17) is 14.2 Å². The highest BCUT2D eigenvalue weighted by Crippen LogP contribution is 2.29. The van der Waals surface area contributed by atoms with Crippen molar-refractivity contribution < 1.29 is 24.1 Å². The first-order chi connectivity index (χ1) is 12.0. The molecule has 0 radical (unpaired) electrons. The molecule has 2 rings (SSSR count). The molecule has 0 saturated carbocycles. The zero-order valence-electron chi connectivity index (χ0n) is 15.3. The first kappa shape index (κ1) is 19.3. The number of hydrogen-bond donors (Lipinski definition) is 2. The summed E-state index contributed by atoms with van der Waals surface area (Å²) in [6, 6.07) is 5.05. The van der Waals surface area contributed by atoms with Crippen molar-refractivity contribution in [3.8, 4) is 11.5 Å². The Morgan fingerprint density at radius 1 is 1.40 bits per heavy atom. The molecule has 0 spiro atoms. The minimum absolute atomic E-state index is 0.0534. The van der Waals surface area contributed by atoms with Gasteiger partial charge >= 0.3 is 6.03 Å². The number of ether oxygens (including phenoxy) is 3. The molecule has 0 aliphatic carbocycles. The second-order valence-corrected chi connectivity index (χ2v) is 6.27. The van der Waals surface area contributed by atoms with Gasteiger partial charge in [0.05, 0.1) is 38.6 Å². The van der Waals surface area contributed by atoms with Gasteiger partial charge in [-0.2, -0.15) is 0 Å². The van der Waals surface area contributed by atoms with Gasteiger partial charge in [-0.25, -0.2) is 4.79 Å². The molecule has 140 valence electrons. The van der Waals surface area contributed by atoms with Gasteiger partial charge in [-0.15, -0.1) is 0 Å². The number of carbonyl (C=O) groups excluding carboxylic acids is 1. The van der Waals surface area contributed by atoms with Crippen LogP contribution in [0, 0.1) is 0 Å². The first-order valence-electron chi connectivity index (χ1n) is 8.60. The van der Waals surface area contributed by atoms with Crippen LogP contribution in [0.4, 0.5) is 4.79 Å². The summed E-state index contributed by atoms with van der Waals surface area (Å²) in [5.41, 5.74) is 0.903. The SMILES string of the molecule is CCN(C(=O)NCc1ccc(OC(C)C)c(OC)c1)[C@H]1COC[C@@H]1O. The number of methoxy groups -OCH3 is 1. The topological polar surface area (TPSA) is 80.3 Å². The Bertz CT molecular complexity index is 579. The molecule has 1 aromatic carbocycles. The highest BCUT2D eigenvalue weighted by molar-refractivity contribution is 5.74. The van der Waals surface area contributed by atoms with Crippen LogP contribution in [-0.4, -0.2) is 61.2 Å². The molecule has 7 heteroatoms. The Kier molecular flexibility index (Phi) is 6.90. The number of aliphatic hydroxyl groups is 1. The Hall–Kier alpha value is -1.99. The highest BCUT2D eigenvalue weighted by atomic mass is 16.5. The number of carbonyl (C=O) groups is 1. The average molecular weight is 352 g/mol. The van der Waals surface area contributed by atoms with Crippen LogP contribution < -0.4 is 14.8 Å². The van der Waals surface area contributed by atoms with Crippen molar-refractivity contribution in [3.63, 3.8) is 0 Å². The summed E-state index contributed by atoms with van der Waals surface area (Å²) in [4.78, 5) is 14.0. The Balaban J connectivity index is 1.98. The standard InChI is InChI=1S/C18H28N2O5/c1-5-20(14-10-24-11-15(14)21)18(22)19-9-13-6-7-16(25-12(2)3)17(8-13)23-4/h6-8,12,14-15,21H,5,9-11H2,1-4H3,(H,19,22)/t14-,15-/m0/s1. The smallest absolute Gasteiger partial charge is 0.318 e. The van der Waals surface area contributed by atoms with Crippen LogP contribution >= 0.6 is 0 Å². The van der Waals surface area contributed by atoms with E-state index in [0.29, 0.717) is 31.2 Å². The molecular formula is C18H28N2O5. The van der Waals surface area contributed by atoms with Gasteiger partial charge < -0.3 is 29.5 Å². The fourth-order valence-corrected chi connectivity index (χ4v) is 2.81. The van der Waals surface area contributed by atoms with Gasteiger partial charge in [-0.3, -0.25) is 0 Å². The van der Waals surface area contributed by atoms with E-state index in [1.165, 1.54) is 0 Å². The van der Waals surface area contributed by atoms with Crippen molar-refractivity contribution in [2.75, 3.05) is 26.9 Å². The maximum absolute atomic E-state index is 12.4. The lowest BCUT2D eigenvalue weighted by atomic mass is 10.2. The molecule has 1 aliphatic rings. The molecule has 25 heavy (non-hydrogen) atoms. The van der Waals surface area contributed by atoms with Crippen molar-refractivity contribution in [2.24, 2.45) is 0 Å². The van der Waals surface area contributed by atoms with Crippen molar-refractivity contribution in [1.82, 2.24) is 10.2 Å². The minimum atomic E-state index is -0.641. The van der Waals surface area contributed by atoms with Gasteiger partial charge in [0.25, 0.3) is 0 Å².